The fourth-order valence-corrected chi connectivity index (χ4v) is 2.75. The second-order valence-corrected chi connectivity index (χ2v) is 7.26. The number of hydrogen-bond acceptors (Lipinski definition) is 5. The van der Waals surface area contributed by atoms with Crippen LogP contribution in [0.15, 0.2) is 24.3 Å². The Bertz CT molecular complexity index is 727. The molecule has 0 unspecified atom stereocenters. The zero-order valence-corrected chi connectivity index (χ0v) is 12.5. The minimum Gasteiger partial charge on any atom is -0.399 e. The first-order chi connectivity index (χ1) is 9.35. The van der Waals surface area contributed by atoms with Gasteiger partial charge in [-0.05, 0) is 37.6 Å². The molecule has 0 spiro atoms. The van der Waals surface area contributed by atoms with Crippen LogP contribution in [0.25, 0.3) is 10.9 Å². The van der Waals surface area contributed by atoms with Crippen LogP contribution in [0.5, 0.6) is 0 Å². The summed E-state index contributed by atoms with van der Waals surface area (Å²) in [5.74, 6) is 0.185. The van der Waals surface area contributed by atoms with Crippen molar-refractivity contribution in [1.82, 2.24) is 4.98 Å². The number of nitrogens with two attached hydrogens (primary N) is 1. The number of nitrogens with zero attached hydrogens (tertiary/aromatic N) is 1. The molecule has 0 saturated heterocycles. The van der Waals surface area contributed by atoms with Gasteiger partial charge in [-0.3, -0.25) is 4.98 Å². The predicted octanol–water partition coefficient (Wildman–Crippen LogP) is 1.97. The molecule has 0 amide bonds. The Morgan fingerprint density at radius 2 is 2.05 bits per heavy atom. The number of aryl methyl sites for hydroxylation is 1. The largest absolute Gasteiger partial charge is 0.399 e. The van der Waals surface area contributed by atoms with Gasteiger partial charge in [-0.25, -0.2) is 8.42 Å². The van der Waals surface area contributed by atoms with E-state index in [1.807, 2.05) is 31.2 Å². The molecule has 0 aliphatic heterocycles. The molecule has 0 atom stereocenters. The first-order valence-electron chi connectivity index (χ1n) is 6.44. The molecule has 0 fully saturated rings. The van der Waals surface area contributed by atoms with Crippen LogP contribution < -0.4 is 11.1 Å². The Balaban J connectivity index is 2.18. The molecule has 1 heterocycles. The fraction of sp³-hybridized carbons (Fsp3) is 0.357. The lowest BCUT2D eigenvalue weighted by molar-refractivity contribution is 0.600. The number of rotatable bonds is 5. The molecule has 2 rings (SSSR count). The number of aromatic nitrogens is 1. The summed E-state index contributed by atoms with van der Waals surface area (Å²) in [5.41, 5.74) is 9.22. The molecule has 5 nitrogen and oxygen atoms in total. The van der Waals surface area contributed by atoms with Gasteiger partial charge >= 0.3 is 0 Å². The molecule has 3 N–H and O–H groups in total. The van der Waals surface area contributed by atoms with Gasteiger partial charge in [0.05, 0.1) is 11.3 Å². The fourth-order valence-electron chi connectivity index (χ4n) is 2.08. The highest BCUT2D eigenvalue weighted by Gasteiger charge is 2.05. The summed E-state index contributed by atoms with van der Waals surface area (Å²) in [7, 11) is -2.91. The van der Waals surface area contributed by atoms with Crippen LogP contribution in [0, 0.1) is 6.92 Å². The van der Waals surface area contributed by atoms with E-state index in [1.165, 1.54) is 6.26 Å². The molecule has 0 radical (unpaired) electrons. The molecule has 0 aliphatic rings. The zero-order valence-electron chi connectivity index (χ0n) is 11.7. The first-order valence-corrected chi connectivity index (χ1v) is 8.50. The lowest BCUT2D eigenvalue weighted by Crippen LogP contribution is -2.10. The van der Waals surface area contributed by atoms with Gasteiger partial charge in [-0.15, -0.1) is 0 Å². The average Bonchev–Trinajstić information content (AvgIpc) is 2.34. The van der Waals surface area contributed by atoms with Crippen LogP contribution in [-0.4, -0.2) is 32.0 Å². The van der Waals surface area contributed by atoms with Crippen molar-refractivity contribution in [3.63, 3.8) is 0 Å². The van der Waals surface area contributed by atoms with Crippen molar-refractivity contribution < 1.29 is 8.42 Å². The lowest BCUT2D eigenvalue weighted by atomic mass is 10.1. The number of fused-ring (bicyclic) bond motifs is 1. The first kappa shape index (κ1) is 14.6. The van der Waals surface area contributed by atoms with Gasteiger partial charge in [0.25, 0.3) is 0 Å². The Morgan fingerprint density at radius 3 is 2.75 bits per heavy atom. The third kappa shape index (κ3) is 3.84. The quantitative estimate of drug-likeness (QED) is 0.650. The second kappa shape index (κ2) is 5.66. The normalized spacial score (nSPS) is 11.7. The maximum Gasteiger partial charge on any atom is 0.147 e. The highest BCUT2D eigenvalue weighted by Crippen LogP contribution is 2.25. The van der Waals surface area contributed by atoms with Gasteiger partial charge in [-0.2, -0.15) is 0 Å². The predicted molar refractivity (Wildman–Crippen MR) is 83.7 cm³/mol. The molecule has 0 bridgehead atoms. The van der Waals surface area contributed by atoms with Crippen molar-refractivity contribution in [2.24, 2.45) is 0 Å². The van der Waals surface area contributed by atoms with Crippen LogP contribution in [0.1, 0.15) is 12.1 Å². The van der Waals surface area contributed by atoms with Gasteiger partial charge in [0, 0.05) is 35.3 Å². The summed E-state index contributed by atoms with van der Waals surface area (Å²) >= 11 is 0. The van der Waals surface area contributed by atoms with Gasteiger partial charge in [-0.1, -0.05) is 0 Å². The smallest absolute Gasteiger partial charge is 0.147 e. The molecule has 0 saturated carbocycles. The van der Waals surface area contributed by atoms with Gasteiger partial charge in [0.1, 0.15) is 9.84 Å². The van der Waals surface area contributed by atoms with Crippen LogP contribution in [0.2, 0.25) is 0 Å². The summed E-state index contributed by atoms with van der Waals surface area (Å²) in [5, 5.41) is 4.22. The number of hydrogen-bond donors (Lipinski definition) is 2. The number of benzene rings is 1. The summed E-state index contributed by atoms with van der Waals surface area (Å²) < 4.78 is 22.2. The molecule has 0 aliphatic carbocycles. The van der Waals surface area contributed by atoms with Crippen molar-refractivity contribution >= 4 is 32.1 Å². The Morgan fingerprint density at radius 1 is 1.30 bits per heavy atom. The van der Waals surface area contributed by atoms with E-state index < -0.39 is 9.84 Å². The van der Waals surface area contributed by atoms with Crippen molar-refractivity contribution in [2.75, 3.05) is 29.6 Å². The van der Waals surface area contributed by atoms with Crippen LogP contribution in [-0.2, 0) is 9.84 Å². The molecular weight excluding hydrogens is 274 g/mol. The average molecular weight is 293 g/mol. The van der Waals surface area contributed by atoms with Gasteiger partial charge in [0.2, 0.25) is 0 Å². The molecule has 1 aromatic heterocycles. The third-order valence-corrected chi connectivity index (χ3v) is 4.00. The monoisotopic (exact) mass is 293 g/mol. The zero-order chi connectivity index (χ0) is 14.8. The van der Waals surface area contributed by atoms with E-state index in [0.29, 0.717) is 18.7 Å². The number of sulfone groups is 1. The minimum absolute atomic E-state index is 0.185. The molecule has 108 valence electrons. The highest BCUT2D eigenvalue weighted by molar-refractivity contribution is 7.90. The standard InChI is InChI=1S/C14H19N3O2S/c1-10-8-14(16-6-3-7-20(2,18)19)12-9-11(15)4-5-13(12)17-10/h4-5,8-9H,3,6-7,15H2,1-2H3,(H,16,17). The molecule has 6 heteroatoms. The Labute approximate surface area is 119 Å². The van der Waals surface area contributed by atoms with Crippen LogP contribution in [0.3, 0.4) is 0 Å². The Hall–Kier alpha value is -1.82. The summed E-state index contributed by atoms with van der Waals surface area (Å²) in [6.07, 6.45) is 1.82. The van der Waals surface area contributed by atoms with E-state index in [1.54, 1.807) is 0 Å². The maximum absolute atomic E-state index is 11.1. The molecule has 2 aromatic rings. The van der Waals surface area contributed by atoms with Crippen molar-refractivity contribution in [3.05, 3.63) is 30.0 Å². The van der Waals surface area contributed by atoms with E-state index in [0.717, 1.165) is 22.3 Å². The third-order valence-electron chi connectivity index (χ3n) is 2.97. The van der Waals surface area contributed by atoms with Gasteiger partial charge in [0.15, 0.2) is 0 Å². The van der Waals surface area contributed by atoms with Crippen molar-refractivity contribution in [2.45, 2.75) is 13.3 Å². The summed E-state index contributed by atoms with van der Waals surface area (Å²) in [6, 6.07) is 7.53. The van der Waals surface area contributed by atoms with Crippen molar-refractivity contribution in [1.29, 1.82) is 0 Å². The number of pyridine rings is 1. The van der Waals surface area contributed by atoms with Crippen molar-refractivity contribution in [3.8, 4) is 0 Å². The second-order valence-electron chi connectivity index (χ2n) is 5.00. The van der Waals surface area contributed by atoms with Crippen LogP contribution in [0.4, 0.5) is 11.4 Å². The lowest BCUT2D eigenvalue weighted by Gasteiger charge is -2.11. The van der Waals surface area contributed by atoms with E-state index in [-0.39, 0.29) is 5.75 Å². The van der Waals surface area contributed by atoms with E-state index in [2.05, 4.69) is 10.3 Å². The van der Waals surface area contributed by atoms with E-state index >= 15 is 0 Å². The summed E-state index contributed by atoms with van der Waals surface area (Å²) in [6.45, 7) is 2.53. The highest BCUT2D eigenvalue weighted by atomic mass is 32.2. The SMILES string of the molecule is Cc1cc(NCCCS(C)(=O)=O)c2cc(N)ccc2n1. The van der Waals surface area contributed by atoms with Crippen LogP contribution >= 0.6 is 0 Å². The molecule has 20 heavy (non-hydrogen) atoms. The van der Waals surface area contributed by atoms with E-state index in [4.69, 9.17) is 5.73 Å². The molecule has 1 aromatic carbocycles. The van der Waals surface area contributed by atoms with Gasteiger partial charge < -0.3 is 11.1 Å². The number of anilines is 2. The molecular formula is C14H19N3O2S. The maximum atomic E-state index is 11.1. The Kier molecular flexibility index (Phi) is 4.13. The number of nitrogens with one attached hydrogen (secondary N) is 1. The topological polar surface area (TPSA) is 85.1 Å². The minimum atomic E-state index is -2.91. The summed E-state index contributed by atoms with van der Waals surface area (Å²) in [4.78, 5) is 4.45. The number of nitrogen functional groups attached to an aromatic ring is 1. The van der Waals surface area contributed by atoms with E-state index in [9.17, 15) is 8.42 Å².